The second kappa shape index (κ2) is 8.12. The summed E-state index contributed by atoms with van der Waals surface area (Å²) in [5, 5.41) is 9.11. The van der Waals surface area contributed by atoms with Crippen LogP contribution in [0.25, 0.3) is 11.3 Å². The molecular formula is C22H24FN3O4S. The third kappa shape index (κ3) is 4.83. The van der Waals surface area contributed by atoms with Crippen molar-refractivity contribution in [3.8, 4) is 17.1 Å². The maximum absolute atomic E-state index is 13.3. The Labute approximate surface area is 183 Å². The highest BCUT2D eigenvalue weighted by molar-refractivity contribution is 7.91. The Morgan fingerprint density at radius 2 is 1.94 bits per heavy atom. The second-order valence-corrected chi connectivity index (χ2v) is 10.8. The third-order valence-electron chi connectivity index (χ3n) is 5.43. The number of hydrogen-bond donors (Lipinski definition) is 1. The maximum Gasteiger partial charge on any atom is 0.407 e. The summed E-state index contributed by atoms with van der Waals surface area (Å²) in [5.74, 6) is 0.370. The van der Waals surface area contributed by atoms with Gasteiger partial charge in [-0.25, -0.2) is 14.2 Å². The first-order valence-electron chi connectivity index (χ1n) is 10.0. The van der Waals surface area contributed by atoms with Gasteiger partial charge in [0.2, 0.25) is 5.88 Å². The Balaban J connectivity index is 1.57. The summed E-state index contributed by atoms with van der Waals surface area (Å²) >= 11 is -1.41. The zero-order chi connectivity index (χ0) is 22.3. The number of carbonyl (C=O) groups is 1. The second-order valence-electron chi connectivity index (χ2n) is 8.82. The van der Waals surface area contributed by atoms with Crippen molar-refractivity contribution in [2.45, 2.75) is 31.6 Å². The number of fused-ring (bicyclic) bond motifs is 1. The molecule has 1 aromatic carbocycles. The van der Waals surface area contributed by atoms with Crippen molar-refractivity contribution in [3.05, 3.63) is 47.8 Å². The quantitative estimate of drug-likeness (QED) is 0.558. The molecule has 2 heterocycles. The van der Waals surface area contributed by atoms with Crippen molar-refractivity contribution >= 4 is 23.7 Å². The zero-order valence-corrected chi connectivity index (χ0v) is 18.3. The van der Waals surface area contributed by atoms with E-state index in [1.165, 1.54) is 23.2 Å². The lowest BCUT2D eigenvalue weighted by molar-refractivity contribution is 0.139. The van der Waals surface area contributed by atoms with Gasteiger partial charge in [-0.05, 0) is 51.1 Å². The van der Waals surface area contributed by atoms with Crippen LogP contribution in [0.15, 0.2) is 40.8 Å². The molecule has 2 aliphatic rings. The molecule has 2 aromatic rings. The van der Waals surface area contributed by atoms with E-state index in [0.29, 0.717) is 35.8 Å². The average Bonchev–Trinajstić information content (AvgIpc) is 3.13. The first-order valence-corrected chi connectivity index (χ1v) is 11.1. The van der Waals surface area contributed by atoms with E-state index in [1.807, 2.05) is 20.8 Å². The molecule has 1 saturated heterocycles. The largest absolute Gasteiger partial charge is 0.591 e. The molecule has 1 amide bonds. The highest BCUT2D eigenvalue weighted by Crippen LogP contribution is 2.47. The number of hydrogen-bond acceptors (Lipinski definition) is 5. The van der Waals surface area contributed by atoms with E-state index in [-0.39, 0.29) is 23.8 Å². The third-order valence-corrected chi connectivity index (χ3v) is 6.77. The molecule has 0 radical (unpaired) electrons. The van der Waals surface area contributed by atoms with E-state index in [4.69, 9.17) is 9.84 Å². The summed E-state index contributed by atoms with van der Waals surface area (Å²) in [4.78, 5) is 17.1. The molecule has 31 heavy (non-hydrogen) atoms. The fourth-order valence-corrected chi connectivity index (χ4v) is 4.17. The Morgan fingerprint density at radius 1 is 1.29 bits per heavy atom. The van der Waals surface area contributed by atoms with Gasteiger partial charge in [0.15, 0.2) is 0 Å². The van der Waals surface area contributed by atoms with Gasteiger partial charge in [0, 0.05) is 42.1 Å². The Kier molecular flexibility index (Phi) is 5.65. The predicted molar refractivity (Wildman–Crippen MR) is 116 cm³/mol. The molecule has 1 unspecified atom stereocenters. The topological polar surface area (TPSA) is 98.1 Å². The molecule has 1 aromatic heterocycles. The van der Waals surface area contributed by atoms with Crippen LogP contribution in [0.4, 0.5) is 9.18 Å². The number of ether oxygens (including phenoxy) is 1. The van der Waals surface area contributed by atoms with Crippen LogP contribution in [0, 0.1) is 17.7 Å². The number of halogens is 1. The number of nitrogens with zero attached hydrogens (tertiary/aromatic N) is 3. The lowest BCUT2D eigenvalue weighted by Gasteiger charge is -2.18. The molecule has 1 saturated carbocycles. The molecule has 164 valence electrons. The molecule has 1 N–H and O–H groups in total. The molecule has 2 fully saturated rings. The van der Waals surface area contributed by atoms with Gasteiger partial charge in [-0.2, -0.15) is 0 Å². The minimum Gasteiger partial charge on any atom is -0.591 e. The maximum atomic E-state index is 13.3. The van der Waals surface area contributed by atoms with Crippen LogP contribution in [-0.2, 0) is 11.4 Å². The summed E-state index contributed by atoms with van der Waals surface area (Å²) in [7, 11) is 0. The first kappa shape index (κ1) is 21.6. The van der Waals surface area contributed by atoms with Gasteiger partial charge in [-0.1, -0.05) is 4.40 Å². The Bertz CT molecular complexity index is 997. The number of pyridine rings is 1. The smallest absolute Gasteiger partial charge is 0.407 e. The summed E-state index contributed by atoms with van der Waals surface area (Å²) in [6, 6.07) is 9.48. The van der Waals surface area contributed by atoms with Crippen molar-refractivity contribution in [2.24, 2.45) is 16.2 Å². The van der Waals surface area contributed by atoms with Crippen molar-refractivity contribution in [1.29, 1.82) is 0 Å². The SMILES string of the molecule is CC(C)(C)[S+]([O-])/N=C\c1cc(O[C@@H]2[C@@H]3CN(C(=O)O)C[C@@H]32)nc(-c2ccc(F)cc2)c1. The van der Waals surface area contributed by atoms with Gasteiger partial charge in [-0.3, -0.25) is 0 Å². The first-order chi connectivity index (χ1) is 14.6. The van der Waals surface area contributed by atoms with E-state index in [2.05, 4.69) is 9.38 Å². The highest BCUT2D eigenvalue weighted by Gasteiger charge is 2.59. The number of likely N-dealkylation sites (tertiary alicyclic amines) is 1. The van der Waals surface area contributed by atoms with Gasteiger partial charge in [0.05, 0.1) is 11.9 Å². The van der Waals surface area contributed by atoms with Crippen molar-refractivity contribution in [2.75, 3.05) is 13.1 Å². The van der Waals surface area contributed by atoms with Crippen LogP contribution in [0.2, 0.25) is 0 Å². The van der Waals surface area contributed by atoms with Crippen LogP contribution in [0.1, 0.15) is 26.3 Å². The molecule has 1 aliphatic carbocycles. The van der Waals surface area contributed by atoms with Gasteiger partial charge in [-0.15, -0.1) is 0 Å². The summed E-state index contributed by atoms with van der Waals surface area (Å²) < 4.78 is 35.4. The number of piperidine rings is 1. The highest BCUT2D eigenvalue weighted by atomic mass is 32.2. The number of rotatable bonds is 5. The van der Waals surface area contributed by atoms with E-state index in [1.54, 1.807) is 24.3 Å². The number of amides is 1. The predicted octanol–water partition coefficient (Wildman–Crippen LogP) is 3.76. The normalized spacial score (nSPS) is 23.6. The van der Waals surface area contributed by atoms with Gasteiger partial charge >= 0.3 is 6.09 Å². The molecule has 7 nitrogen and oxygen atoms in total. The summed E-state index contributed by atoms with van der Waals surface area (Å²) in [5.41, 5.74) is 1.96. The standard InChI is InChI=1S/C22H24FN3O4S/c1-22(2,3)31(29)24-10-13-8-18(14-4-6-15(23)7-5-14)25-19(9-13)30-20-16-11-26(21(27)28)12-17(16)20/h4-10,16-17,20H,11-12H2,1-3H3,(H,27,28)/b24-10-/t16-,17+,20-,31?. The van der Waals surface area contributed by atoms with Crippen molar-refractivity contribution < 1.29 is 23.6 Å². The molecule has 4 atom stereocenters. The lowest BCUT2D eigenvalue weighted by Crippen LogP contribution is -2.31. The average molecular weight is 446 g/mol. The van der Waals surface area contributed by atoms with Crippen LogP contribution < -0.4 is 4.74 Å². The molecule has 0 bridgehead atoms. The van der Waals surface area contributed by atoms with Crippen LogP contribution in [0.5, 0.6) is 5.88 Å². The van der Waals surface area contributed by atoms with E-state index in [9.17, 15) is 13.7 Å². The molecular weight excluding hydrogens is 421 g/mol. The fourth-order valence-electron chi connectivity index (χ4n) is 3.64. The summed E-state index contributed by atoms with van der Waals surface area (Å²) in [6.45, 7) is 6.45. The molecule has 9 heteroatoms. The van der Waals surface area contributed by atoms with Crippen molar-refractivity contribution in [1.82, 2.24) is 9.88 Å². The van der Waals surface area contributed by atoms with Crippen LogP contribution in [-0.4, -0.2) is 55.8 Å². The molecule has 0 spiro atoms. The Morgan fingerprint density at radius 3 is 2.52 bits per heavy atom. The minimum atomic E-state index is -1.41. The van der Waals surface area contributed by atoms with Crippen molar-refractivity contribution in [3.63, 3.8) is 0 Å². The number of benzene rings is 1. The monoisotopic (exact) mass is 445 g/mol. The van der Waals surface area contributed by atoms with E-state index < -0.39 is 22.2 Å². The lowest BCUT2D eigenvalue weighted by atomic mass is 10.1. The van der Waals surface area contributed by atoms with Gasteiger partial charge in [0.25, 0.3) is 0 Å². The zero-order valence-electron chi connectivity index (χ0n) is 17.5. The number of aromatic nitrogens is 1. The fraction of sp³-hybridized carbons (Fsp3) is 0.409. The minimum absolute atomic E-state index is 0.0833. The molecule has 1 aliphatic heterocycles. The van der Waals surface area contributed by atoms with E-state index in [0.717, 1.165) is 0 Å². The van der Waals surface area contributed by atoms with Gasteiger partial charge in [0.1, 0.15) is 28.0 Å². The van der Waals surface area contributed by atoms with Crippen LogP contribution in [0.3, 0.4) is 0 Å². The van der Waals surface area contributed by atoms with Gasteiger partial charge < -0.3 is 19.3 Å². The molecule has 4 rings (SSSR count). The van der Waals surface area contributed by atoms with Crippen LogP contribution >= 0.6 is 0 Å². The number of carboxylic acid groups (broad SMARTS) is 1. The van der Waals surface area contributed by atoms with E-state index >= 15 is 0 Å². The Hall–Kier alpha value is -2.65. The summed E-state index contributed by atoms with van der Waals surface area (Å²) in [6.07, 6.45) is 0.538.